The number of aryl methyl sites for hydroxylation is 1. The number of anilines is 1. The lowest BCUT2D eigenvalue weighted by molar-refractivity contribution is 0.122. The highest BCUT2D eigenvalue weighted by Gasteiger charge is 2.44. The Morgan fingerprint density at radius 3 is 2.61 bits per heavy atom. The molecule has 18 heavy (non-hydrogen) atoms. The summed E-state index contributed by atoms with van der Waals surface area (Å²) in [6.07, 6.45) is 2.48. The Bertz CT molecular complexity index is 434. The number of benzene rings is 1. The van der Waals surface area contributed by atoms with Crippen LogP contribution in [0.1, 0.15) is 24.0 Å². The second-order valence-corrected chi connectivity index (χ2v) is 5.60. The number of rotatable bonds is 3. The third-order valence-corrected chi connectivity index (χ3v) is 4.32. The monoisotopic (exact) mass is 246 g/mol. The standard InChI is InChI=1S/C15H22N2O/c1-12-2-3-13(15(11-16)4-5-15)14(10-12)17-6-8-18-9-7-17/h2-3,10H,4-9,11,16H2,1H3. The lowest BCUT2D eigenvalue weighted by Gasteiger charge is -2.32. The van der Waals surface area contributed by atoms with E-state index in [2.05, 4.69) is 30.0 Å². The molecule has 1 saturated carbocycles. The van der Waals surface area contributed by atoms with Crippen molar-refractivity contribution in [1.29, 1.82) is 0 Å². The SMILES string of the molecule is Cc1ccc(C2(CN)CC2)c(N2CCOCC2)c1. The van der Waals surface area contributed by atoms with Gasteiger partial charge in [-0.25, -0.2) is 0 Å². The maximum Gasteiger partial charge on any atom is 0.0642 e. The molecule has 0 spiro atoms. The average Bonchev–Trinajstić information content (AvgIpc) is 3.21. The van der Waals surface area contributed by atoms with Crippen molar-refractivity contribution in [2.75, 3.05) is 37.7 Å². The fourth-order valence-electron chi connectivity index (χ4n) is 2.89. The molecule has 2 fully saturated rings. The number of nitrogens with two attached hydrogens (primary N) is 1. The molecule has 3 heteroatoms. The summed E-state index contributed by atoms with van der Waals surface area (Å²) in [5.41, 5.74) is 10.4. The van der Waals surface area contributed by atoms with Gasteiger partial charge in [-0.15, -0.1) is 0 Å². The third-order valence-electron chi connectivity index (χ3n) is 4.32. The van der Waals surface area contributed by atoms with Gasteiger partial charge in [-0.3, -0.25) is 0 Å². The predicted octanol–water partition coefficient (Wildman–Crippen LogP) is 1.82. The summed E-state index contributed by atoms with van der Waals surface area (Å²) in [5.74, 6) is 0. The van der Waals surface area contributed by atoms with Crippen LogP contribution < -0.4 is 10.6 Å². The van der Waals surface area contributed by atoms with Gasteiger partial charge < -0.3 is 15.4 Å². The van der Waals surface area contributed by atoms with Crippen molar-refractivity contribution in [2.45, 2.75) is 25.2 Å². The summed E-state index contributed by atoms with van der Waals surface area (Å²) in [7, 11) is 0. The zero-order valence-corrected chi connectivity index (χ0v) is 11.1. The summed E-state index contributed by atoms with van der Waals surface area (Å²) in [5, 5.41) is 0. The molecule has 1 aliphatic carbocycles. The zero-order chi connectivity index (χ0) is 12.6. The minimum Gasteiger partial charge on any atom is -0.378 e. The molecule has 0 amide bonds. The topological polar surface area (TPSA) is 38.5 Å². The predicted molar refractivity (Wildman–Crippen MR) is 74.2 cm³/mol. The Morgan fingerprint density at radius 2 is 2.00 bits per heavy atom. The van der Waals surface area contributed by atoms with E-state index in [1.54, 1.807) is 0 Å². The number of ether oxygens (including phenoxy) is 1. The molecule has 0 radical (unpaired) electrons. The van der Waals surface area contributed by atoms with Gasteiger partial charge in [-0.2, -0.15) is 0 Å². The first-order chi connectivity index (χ1) is 8.75. The first kappa shape index (κ1) is 12.0. The quantitative estimate of drug-likeness (QED) is 0.884. The minimum absolute atomic E-state index is 0.265. The van der Waals surface area contributed by atoms with E-state index in [-0.39, 0.29) is 5.41 Å². The van der Waals surface area contributed by atoms with E-state index in [0.29, 0.717) is 0 Å². The van der Waals surface area contributed by atoms with Crippen molar-refractivity contribution in [3.8, 4) is 0 Å². The molecule has 1 heterocycles. The molecule has 0 bridgehead atoms. The van der Waals surface area contributed by atoms with Gasteiger partial charge in [0.05, 0.1) is 13.2 Å². The Balaban J connectivity index is 1.98. The zero-order valence-electron chi connectivity index (χ0n) is 11.1. The highest BCUT2D eigenvalue weighted by Crippen LogP contribution is 2.50. The molecule has 1 saturated heterocycles. The van der Waals surface area contributed by atoms with E-state index in [1.807, 2.05) is 0 Å². The molecule has 1 aromatic carbocycles. The van der Waals surface area contributed by atoms with Crippen molar-refractivity contribution in [2.24, 2.45) is 5.73 Å². The van der Waals surface area contributed by atoms with Gasteiger partial charge in [0, 0.05) is 30.7 Å². The van der Waals surface area contributed by atoms with Crippen molar-refractivity contribution in [1.82, 2.24) is 0 Å². The number of hydrogen-bond donors (Lipinski definition) is 1. The lowest BCUT2D eigenvalue weighted by atomic mass is 9.92. The van der Waals surface area contributed by atoms with Crippen LogP contribution in [0.2, 0.25) is 0 Å². The van der Waals surface area contributed by atoms with Crippen LogP contribution in [-0.2, 0) is 10.2 Å². The summed E-state index contributed by atoms with van der Waals surface area (Å²) >= 11 is 0. The largest absolute Gasteiger partial charge is 0.378 e. The van der Waals surface area contributed by atoms with E-state index in [9.17, 15) is 0 Å². The highest BCUT2D eigenvalue weighted by molar-refractivity contribution is 5.60. The Labute approximate surface area is 109 Å². The van der Waals surface area contributed by atoms with Crippen LogP contribution in [0.4, 0.5) is 5.69 Å². The number of hydrogen-bond acceptors (Lipinski definition) is 3. The maximum absolute atomic E-state index is 5.99. The first-order valence-corrected chi connectivity index (χ1v) is 6.89. The van der Waals surface area contributed by atoms with Gasteiger partial charge in [0.1, 0.15) is 0 Å². The van der Waals surface area contributed by atoms with Crippen LogP contribution in [-0.4, -0.2) is 32.8 Å². The number of morpholine rings is 1. The summed E-state index contributed by atoms with van der Waals surface area (Å²) in [6.45, 7) is 6.60. The van der Waals surface area contributed by atoms with E-state index >= 15 is 0 Å². The fraction of sp³-hybridized carbons (Fsp3) is 0.600. The van der Waals surface area contributed by atoms with E-state index in [1.165, 1.54) is 29.7 Å². The van der Waals surface area contributed by atoms with Gasteiger partial charge in [-0.05, 0) is 37.0 Å². The van der Waals surface area contributed by atoms with E-state index < -0.39 is 0 Å². The second-order valence-electron chi connectivity index (χ2n) is 5.60. The number of nitrogens with zero attached hydrogens (tertiary/aromatic N) is 1. The molecule has 2 aliphatic rings. The summed E-state index contributed by atoms with van der Waals surface area (Å²) in [6, 6.07) is 6.82. The molecule has 98 valence electrons. The average molecular weight is 246 g/mol. The fourth-order valence-corrected chi connectivity index (χ4v) is 2.89. The van der Waals surface area contributed by atoms with Gasteiger partial charge in [-0.1, -0.05) is 12.1 Å². The highest BCUT2D eigenvalue weighted by atomic mass is 16.5. The summed E-state index contributed by atoms with van der Waals surface area (Å²) < 4.78 is 5.45. The Kier molecular flexibility index (Phi) is 3.04. The molecule has 3 rings (SSSR count). The van der Waals surface area contributed by atoms with Crippen molar-refractivity contribution in [3.05, 3.63) is 29.3 Å². The van der Waals surface area contributed by atoms with Crippen LogP contribution in [0.15, 0.2) is 18.2 Å². The van der Waals surface area contributed by atoms with Crippen molar-refractivity contribution in [3.63, 3.8) is 0 Å². The van der Waals surface area contributed by atoms with Crippen LogP contribution in [0.3, 0.4) is 0 Å². The van der Waals surface area contributed by atoms with Crippen molar-refractivity contribution >= 4 is 5.69 Å². The lowest BCUT2D eigenvalue weighted by Crippen LogP contribution is -2.37. The van der Waals surface area contributed by atoms with Crippen LogP contribution >= 0.6 is 0 Å². The molecular formula is C15H22N2O. The van der Waals surface area contributed by atoms with Crippen molar-refractivity contribution < 1.29 is 4.74 Å². The van der Waals surface area contributed by atoms with E-state index in [0.717, 1.165) is 32.8 Å². The molecule has 0 atom stereocenters. The molecule has 2 N–H and O–H groups in total. The van der Waals surface area contributed by atoms with Gasteiger partial charge in [0.25, 0.3) is 0 Å². The Hall–Kier alpha value is -1.06. The minimum atomic E-state index is 0.265. The van der Waals surface area contributed by atoms with Gasteiger partial charge in [0.2, 0.25) is 0 Å². The molecule has 1 aliphatic heterocycles. The first-order valence-electron chi connectivity index (χ1n) is 6.89. The maximum atomic E-state index is 5.99. The molecular weight excluding hydrogens is 224 g/mol. The van der Waals surface area contributed by atoms with Crippen LogP contribution in [0, 0.1) is 6.92 Å². The van der Waals surface area contributed by atoms with E-state index in [4.69, 9.17) is 10.5 Å². The van der Waals surface area contributed by atoms with Crippen LogP contribution in [0.25, 0.3) is 0 Å². The van der Waals surface area contributed by atoms with Gasteiger partial charge in [0.15, 0.2) is 0 Å². The van der Waals surface area contributed by atoms with Crippen LogP contribution in [0.5, 0.6) is 0 Å². The van der Waals surface area contributed by atoms with Gasteiger partial charge >= 0.3 is 0 Å². The Morgan fingerprint density at radius 1 is 1.28 bits per heavy atom. The normalized spacial score (nSPS) is 22.0. The molecule has 0 unspecified atom stereocenters. The smallest absolute Gasteiger partial charge is 0.0642 e. The second kappa shape index (κ2) is 4.56. The molecule has 1 aromatic rings. The third kappa shape index (κ3) is 2.02. The molecule has 3 nitrogen and oxygen atoms in total. The summed E-state index contributed by atoms with van der Waals surface area (Å²) in [4.78, 5) is 2.46. The molecule has 0 aromatic heterocycles.